The van der Waals surface area contributed by atoms with Crippen LogP contribution in [-0.4, -0.2) is 5.78 Å². The summed E-state index contributed by atoms with van der Waals surface area (Å²) in [6, 6.07) is 13.1. The van der Waals surface area contributed by atoms with Crippen LogP contribution in [-0.2, 0) is 6.42 Å². The van der Waals surface area contributed by atoms with Gasteiger partial charge in [-0.15, -0.1) is 0 Å². The zero-order valence-electron chi connectivity index (χ0n) is 10.8. The van der Waals surface area contributed by atoms with Crippen LogP contribution in [0.5, 0.6) is 0 Å². The van der Waals surface area contributed by atoms with Crippen molar-refractivity contribution in [2.24, 2.45) is 0 Å². The van der Waals surface area contributed by atoms with Crippen LogP contribution in [0.2, 0.25) is 0 Å². The first-order valence-corrected chi connectivity index (χ1v) is 7.09. The number of carbonyl (C=O) groups excluding carboxylic acids is 1. The molecule has 0 heterocycles. The molecule has 98 valence electrons. The van der Waals surface area contributed by atoms with Crippen molar-refractivity contribution in [2.45, 2.75) is 19.8 Å². The van der Waals surface area contributed by atoms with E-state index in [1.165, 1.54) is 5.56 Å². The second-order valence-electron chi connectivity index (χ2n) is 4.51. The molecule has 0 fully saturated rings. The highest BCUT2D eigenvalue weighted by Crippen LogP contribution is 2.21. The summed E-state index contributed by atoms with van der Waals surface area (Å²) < 4.78 is 0.854. The van der Waals surface area contributed by atoms with Crippen molar-refractivity contribution in [1.29, 1.82) is 0 Å². The molecule has 0 saturated carbocycles. The summed E-state index contributed by atoms with van der Waals surface area (Å²) in [7, 11) is 0. The Hall–Kier alpha value is -1.61. The summed E-state index contributed by atoms with van der Waals surface area (Å²) in [6.45, 7) is 2.14. The fraction of sp³-hybridized carbons (Fsp3) is 0.188. The number of halogens is 1. The standard InChI is InChI=1S/C16H16BrNO/c1-2-3-11-4-6-12(7-5-11)16(19)14-10-13(17)8-9-15(14)18/h4-10H,2-3,18H2,1H3. The van der Waals surface area contributed by atoms with Crippen molar-refractivity contribution in [3.05, 3.63) is 63.6 Å². The van der Waals surface area contributed by atoms with Gasteiger partial charge in [-0.1, -0.05) is 53.5 Å². The molecule has 2 rings (SSSR count). The minimum Gasteiger partial charge on any atom is -0.398 e. The molecule has 2 nitrogen and oxygen atoms in total. The Morgan fingerprint density at radius 3 is 2.47 bits per heavy atom. The SMILES string of the molecule is CCCc1ccc(C(=O)c2cc(Br)ccc2N)cc1. The number of hydrogen-bond donors (Lipinski definition) is 1. The van der Waals surface area contributed by atoms with E-state index in [2.05, 4.69) is 22.9 Å². The number of hydrogen-bond acceptors (Lipinski definition) is 2. The number of aryl methyl sites for hydroxylation is 1. The number of anilines is 1. The lowest BCUT2D eigenvalue weighted by molar-refractivity contribution is 0.103. The van der Waals surface area contributed by atoms with Gasteiger partial charge < -0.3 is 5.73 Å². The number of carbonyl (C=O) groups is 1. The van der Waals surface area contributed by atoms with Crippen molar-refractivity contribution < 1.29 is 4.79 Å². The number of ketones is 1. The van der Waals surface area contributed by atoms with Crippen LogP contribution in [0.1, 0.15) is 34.8 Å². The Labute approximate surface area is 121 Å². The van der Waals surface area contributed by atoms with E-state index in [0.717, 1.165) is 17.3 Å². The topological polar surface area (TPSA) is 43.1 Å². The predicted molar refractivity (Wildman–Crippen MR) is 82.4 cm³/mol. The van der Waals surface area contributed by atoms with Crippen molar-refractivity contribution in [3.8, 4) is 0 Å². The Morgan fingerprint density at radius 2 is 1.84 bits per heavy atom. The lowest BCUT2D eigenvalue weighted by atomic mass is 10.00. The molecule has 19 heavy (non-hydrogen) atoms. The van der Waals surface area contributed by atoms with Gasteiger partial charge in [0, 0.05) is 21.3 Å². The Balaban J connectivity index is 2.30. The molecule has 0 aliphatic heterocycles. The average Bonchev–Trinajstić information content (AvgIpc) is 2.42. The van der Waals surface area contributed by atoms with Crippen LogP contribution in [0.15, 0.2) is 46.9 Å². The molecule has 0 aliphatic carbocycles. The van der Waals surface area contributed by atoms with Gasteiger partial charge in [-0.3, -0.25) is 4.79 Å². The highest BCUT2D eigenvalue weighted by molar-refractivity contribution is 9.10. The lowest BCUT2D eigenvalue weighted by Crippen LogP contribution is -2.05. The highest BCUT2D eigenvalue weighted by atomic mass is 79.9. The van der Waals surface area contributed by atoms with Crippen molar-refractivity contribution in [3.63, 3.8) is 0 Å². The molecular weight excluding hydrogens is 302 g/mol. The van der Waals surface area contributed by atoms with Gasteiger partial charge >= 0.3 is 0 Å². The minimum atomic E-state index is -0.0400. The minimum absolute atomic E-state index is 0.0400. The smallest absolute Gasteiger partial charge is 0.195 e. The van der Waals surface area contributed by atoms with Gasteiger partial charge in [-0.2, -0.15) is 0 Å². The van der Waals surface area contributed by atoms with Crippen LogP contribution in [0.25, 0.3) is 0 Å². The van der Waals surface area contributed by atoms with Gasteiger partial charge in [0.25, 0.3) is 0 Å². The molecule has 0 unspecified atom stereocenters. The normalized spacial score (nSPS) is 10.4. The number of benzene rings is 2. The number of nitrogens with two attached hydrogens (primary N) is 1. The highest BCUT2D eigenvalue weighted by Gasteiger charge is 2.12. The van der Waals surface area contributed by atoms with E-state index < -0.39 is 0 Å². The molecule has 0 atom stereocenters. The first-order chi connectivity index (χ1) is 9.11. The van der Waals surface area contributed by atoms with Gasteiger partial charge in [-0.25, -0.2) is 0 Å². The molecule has 0 bridgehead atoms. The van der Waals surface area contributed by atoms with Crippen LogP contribution in [0.3, 0.4) is 0 Å². The van der Waals surface area contributed by atoms with Crippen molar-refractivity contribution >= 4 is 27.4 Å². The fourth-order valence-corrected chi connectivity index (χ4v) is 2.35. The van der Waals surface area contributed by atoms with Crippen LogP contribution in [0, 0.1) is 0 Å². The van der Waals surface area contributed by atoms with Gasteiger partial charge in [0.05, 0.1) is 0 Å². The maximum Gasteiger partial charge on any atom is 0.195 e. The van der Waals surface area contributed by atoms with E-state index >= 15 is 0 Å². The summed E-state index contributed by atoms with van der Waals surface area (Å²) in [5, 5.41) is 0. The molecule has 0 amide bonds. The molecule has 0 aromatic heterocycles. The third kappa shape index (κ3) is 3.24. The summed E-state index contributed by atoms with van der Waals surface area (Å²) in [5.74, 6) is -0.0400. The maximum absolute atomic E-state index is 12.4. The van der Waals surface area contributed by atoms with E-state index in [9.17, 15) is 4.79 Å². The summed E-state index contributed by atoms with van der Waals surface area (Å²) in [4.78, 5) is 12.4. The van der Waals surface area contributed by atoms with E-state index in [-0.39, 0.29) is 5.78 Å². The molecular formula is C16H16BrNO. The summed E-state index contributed by atoms with van der Waals surface area (Å²) >= 11 is 3.36. The largest absolute Gasteiger partial charge is 0.398 e. The summed E-state index contributed by atoms with van der Waals surface area (Å²) in [5.41, 5.74) is 8.83. The second kappa shape index (κ2) is 6.02. The lowest BCUT2D eigenvalue weighted by Gasteiger charge is -2.06. The van der Waals surface area contributed by atoms with Crippen molar-refractivity contribution in [2.75, 3.05) is 5.73 Å². The van der Waals surface area contributed by atoms with Crippen molar-refractivity contribution in [1.82, 2.24) is 0 Å². The van der Waals surface area contributed by atoms with Gasteiger partial charge in [-0.05, 0) is 30.2 Å². The third-order valence-electron chi connectivity index (χ3n) is 3.01. The van der Waals surface area contributed by atoms with E-state index in [1.807, 2.05) is 30.3 Å². The van der Waals surface area contributed by atoms with E-state index in [0.29, 0.717) is 16.8 Å². The summed E-state index contributed by atoms with van der Waals surface area (Å²) in [6.07, 6.45) is 2.14. The molecule has 2 N–H and O–H groups in total. The average molecular weight is 318 g/mol. The zero-order chi connectivity index (χ0) is 13.8. The second-order valence-corrected chi connectivity index (χ2v) is 5.42. The van der Waals surface area contributed by atoms with E-state index in [1.54, 1.807) is 12.1 Å². The van der Waals surface area contributed by atoms with Gasteiger partial charge in [0.1, 0.15) is 0 Å². The molecule has 0 aliphatic rings. The Kier molecular flexibility index (Phi) is 4.38. The van der Waals surface area contributed by atoms with Gasteiger partial charge in [0.15, 0.2) is 5.78 Å². The first-order valence-electron chi connectivity index (χ1n) is 6.30. The quantitative estimate of drug-likeness (QED) is 0.678. The third-order valence-corrected chi connectivity index (χ3v) is 3.51. The molecule has 0 saturated heterocycles. The Morgan fingerprint density at radius 1 is 1.16 bits per heavy atom. The number of nitrogen functional groups attached to an aromatic ring is 1. The van der Waals surface area contributed by atoms with Crippen LogP contribution < -0.4 is 5.73 Å². The maximum atomic E-state index is 12.4. The molecule has 0 spiro atoms. The molecule has 3 heteroatoms. The van der Waals surface area contributed by atoms with Gasteiger partial charge in [0.2, 0.25) is 0 Å². The van der Waals surface area contributed by atoms with Crippen LogP contribution >= 0.6 is 15.9 Å². The van der Waals surface area contributed by atoms with Crippen LogP contribution in [0.4, 0.5) is 5.69 Å². The molecule has 0 radical (unpaired) electrons. The fourth-order valence-electron chi connectivity index (χ4n) is 1.99. The molecule has 2 aromatic rings. The number of rotatable bonds is 4. The Bertz CT molecular complexity index is 590. The predicted octanol–water partition coefficient (Wildman–Crippen LogP) is 4.21. The van der Waals surface area contributed by atoms with E-state index in [4.69, 9.17) is 5.73 Å². The zero-order valence-corrected chi connectivity index (χ0v) is 12.4. The first kappa shape index (κ1) is 13.8. The molecule has 2 aromatic carbocycles. The monoisotopic (exact) mass is 317 g/mol.